The Morgan fingerprint density at radius 3 is 1.17 bits per heavy atom. The van der Waals surface area contributed by atoms with Crippen LogP contribution in [-0.4, -0.2) is 93.9 Å². The molecule has 0 rings (SSSR count). The number of ketones is 2. The number of aliphatic hydroxyl groups excluding tert-OH is 2. The zero-order chi connectivity index (χ0) is 14.2. The van der Waals surface area contributed by atoms with Crippen LogP contribution < -0.4 is 0 Å². The summed E-state index contributed by atoms with van der Waals surface area (Å²) in [4.78, 5) is 39.6. The molecular weight excluding hydrogens is 276 g/mol. The van der Waals surface area contributed by atoms with E-state index in [1.54, 1.807) is 0 Å². The summed E-state index contributed by atoms with van der Waals surface area (Å²) >= 11 is 0. The van der Waals surface area contributed by atoms with E-state index in [1.807, 2.05) is 0 Å². The largest absolute Gasteiger partial charge is 2.00 e. The number of carboxylic acid groups (broad SMARTS) is 2. The van der Waals surface area contributed by atoms with Crippen LogP contribution in [0.4, 0.5) is 0 Å². The molecule has 0 saturated carbocycles. The fourth-order valence-corrected chi connectivity index (χ4v) is 0.621. The number of rotatable bonds is 5. The van der Waals surface area contributed by atoms with Crippen molar-refractivity contribution in [3.63, 3.8) is 0 Å². The Hall–Kier alpha value is -0.540. The van der Waals surface area contributed by atoms with Crippen molar-refractivity contribution in [3.05, 3.63) is 0 Å². The van der Waals surface area contributed by atoms with E-state index in [1.165, 1.54) is 13.8 Å². The zero-order valence-corrected chi connectivity index (χ0v) is 12.2. The summed E-state index contributed by atoms with van der Waals surface area (Å²) < 4.78 is 0. The standard InChI is InChI=1S/C5H8O2.C4H6O6.Ca.2H/c1-4(6)3-5(2)7;5-1(3(7)8)2(6)4(9)10;;;/h3H2,1-2H3;1-2,5-6H,(H,7,8)(H,9,10);;;/q;;+2;2*-1. The number of carbonyl (C=O) groups excluding carboxylic acids is 2. The van der Waals surface area contributed by atoms with E-state index in [0.29, 0.717) is 0 Å². The number of aliphatic hydroxyl groups is 2. The molecule has 0 aliphatic heterocycles. The number of hydrogen-bond acceptors (Lipinski definition) is 6. The predicted octanol–water partition coefficient (Wildman–Crippen LogP) is -1.72. The Kier molecular flexibility index (Phi) is 14.5. The van der Waals surface area contributed by atoms with Gasteiger partial charge < -0.3 is 23.3 Å². The van der Waals surface area contributed by atoms with Gasteiger partial charge in [0.15, 0.2) is 12.2 Å². The minimum Gasteiger partial charge on any atom is -1.00 e. The van der Waals surface area contributed by atoms with Crippen LogP contribution in [0.5, 0.6) is 0 Å². The smallest absolute Gasteiger partial charge is 1.00 e. The normalized spacial score (nSPS) is 12.0. The number of Topliss-reactive ketones (excluding diaryl/α,β-unsaturated/α-hetero) is 2. The third-order valence-electron chi connectivity index (χ3n) is 1.30. The summed E-state index contributed by atoms with van der Waals surface area (Å²) in [6.45, 7) is 2.81. The summed E-state index contributed by atoms with van der Waals surface area (Å²) in [6, 6.07) is 0. The van der Waals surface area contributed by atoms with Crippen molar-refractivity contribution in [2.75, 3.05) is 0 Å². The molecule has 0 aromatic carbocycles. The molecule has 2 atom stereocenters. The number of hydrogen-bond donors (Lipinski definition) is 4. The first-order valence-electron chi connectivity index (χ1n) is 4.40. The van der Waals surface area contributed by atoms with E-state index >= 15 is 0 Å². The molecule has 18 heavy (non-hydrogen) atoms. The Balaban J connectivity index is -0.0000000681. The third kappa shape index (κ3) is 13.5. The van der Waals surface area contributed by atoms with Gasteiger partial charge in [-0.05, 0) is 13.8 Å². The van der Waals surface area contributed by atoms with E-state index in [4.69, 9.17) is 20.4 Å². The first-order chi connectivity index (χ1) is 7.59. The van der Waals surface area contributed by atoms with Crippen LogP contribution in [0.1, 0.15) is 23.1 Å². The molecule has 0 fully saturated rings. The van der Waals surface area contributed by atoms with Crippen LogP contribution in [0, 0.1) is 0 Å². The van der Waals surface area contributed by atoms with Gasteiger partial charge in [0.2, 0.25) is 0 Å². The molecule has 9 heteroatoms. The van der Waals surface area contributed by atoms with Gasteiger partial charge in [-0.15, -0.1) is 0 Å². The van der Waals surface area contributed by atoms with Crippen LogP contribution in [0.25, 0.3) is 0 Å². The average molecular weight is 292 g/mol. The molecule has 8 nitrogen and oxygen atoms in total. The second-order valence-electron chi connectivity index (χ2n) is 3.15. The minimum atomic E-state index is -2.27. The molecule has 0 aliphatic rings. The van der Waals surface area contributed by atoms with E-state index in [-0.39, 0.29) is 58.6 Å². The first-order valence-corrected chi connectivity index (χ1v) is 4.40. The second-order valence-corrected chi connectivity index (χ2v) is 3.15. The zero-order valence-electron chi connectivity index (χ0n) is 12.0. The summed E-state index contributed by atoms with van der Waals surface area (Å²) in [7, 11) is 0. The van der Waals surface area contributed by atoms with Crippen molar-refractivity contribution in [3.8, 4) is 0 Å². The fraction of sp³-hybridized carbons (Fsp3) is 0.556. The van der Waals surface area contributed by atoms with Gasteiger partial charge in [-0.25, -0.2) is 9.59 Å². The molecule has 0 aromatic heterocycles. The first kappa shape index (κ1) is 22.6. The summed E-state index contributed by atoms with van der Waals surface area (Å²) in [5, 5.41) is 32.5. The SMILES string of the molecule is CC(=O)CC(C)=O.O=C(O)C(O)C(O)C(=O)O.[Ca+2].[H-].[H-]. The van der Waals surface area contributed by atoms with Gasteiger partial charge in [0.05, 0.1) is 6.42 Å². The average Bonchev–Trinajstić information content (AvgIpc) is 2.13. The van der Waals surface area contributed by atoms with Crippen molar-refractivity contribution in [1.29, 1.82) is 0 Å². The van der Waals surface area contributed by atoms with E-state index in [0.717, 1.165) is 0 Å². The van der Waals surface area contributed by atoms with Crippen LogP contribution >= 0.6 is 0 Å². The van der Waals surface area contributed by atoms with E-state index < -0.39 is 24.1 Å². The Labute approximate surface area is 136 Å². The van der Waals surface area contributed by atoms with Crippen molar-refractivity contribution < 1.29 is 42.5 Å². The Morgan fingerprint density at radius 2 is 1.11 bits per heavy atom. The Morgan fingerprint density at radius 1 is 0.889 bits per heavy atom. The van der Waals surface area contributed by atoms with Crippen LogP contribution in [0.3, 0.4) is 0 Å². The molecule has 102 valence electrons. The summed E-state index contributed by atoms with van der Waals surface area (Å²) in [5.74, 6) is -3.66. The van der Waals surface area contributed by atoms with Gasteiger partial charge in [0, 0.05) is 0 Å². The van der Waals surface area contributed by atoms with Crippen LogP contribution in [0.15, 0.2) is 0 Å². The monoisotopic (exact) mass is 292 g/mol. The third-order valence-corrected chi connectivity index (χ3v) is 1.30. The molecule has 0 aliphatic carbocycles. The van der Waals surface area contributed by atoms with E-state index in [2.05, 4.69) is 0 Å². The van der Waals surface area contributed by atoms with Crippen molar-refractivity contribution in [1.82, 2.24) is 0 Å². The quantitative estimate of drug-likeness (QED) is 0.345. The van der Waals surface area contributed by atoms with Gasteiger partial charge >= 0.3 is 49.7 Å². The maximum Gasteiger partial charge on any atom is 2.00 e. The molecule has 0 amide bonds. The van der Waals surface area contributed by atoms with Gasteiger partial charge in [-0.3, -0.25) is 9.59 Å². The van der Waals surface area contributed by atoms with Gasteiger partial charge in [0.1, 0.15) is 11.6 Å². The predicted molar refractivity (Wildman–Crippen MR) is 61.2 cm³/mol. The molecule has 0 radical (unpaired) electrons. The maximum absolute atomic E-state index is 10.0. The number of carboxylic acids is 2. The number of aliphatic carboxylic acids is 2. The molecular formula is C9H16CaO8. The fourth-order valence-electron chi connectivity index (χ4n) is 0.621. The molecule has 4 N–H and O–H groups in total. The summed E-state index contributed by atoms with van der Waals surface area (Å²) in [6.07, 6.45) is -4.45. The van der Waals surface area contributed by atoms with Crippen molar-refractivity contribution >= 4 is 61.2 Å². The minimum absolute atomic E-state index is 0. The van der Waals surface area contributed by atoms with Gasteiger partial charge in [-0.2, -0.15) is 0 Å². The van der Waals surface area contributed by atoms with Gasteiger partial charge in [0.25, 0.3) is 0 Å². The molecule has 0 bridgehead atoms. The number of carbonyl (C=O) groups is 4. The van der Waals surface area contributed by atoms with E-state index in [9.17, 15) is 19.2 Å². The van der Waals surface area contributed by atoms with Gasteiger partial charge in [-0.1, -0.05) is 0 Å². The molecule has 0 heterocycles. The van der Waals surface area contributed by atoms with Crippen LogP contribution in [-0.2, 0) is 19.2 Å². The second kappa shape index (κ2) is 11.5. The Bertz CT molecular complexity index is 293. The van der Waals surface area contributed by atoms with Crippen molar-refractivity contribution in [2.24, 2.45) is 0 Å². The molecule has 0 aromatic rings. The summed E-state index contributed by atoms with van der Waals surface area (Å²) in [5.41, 5.74) is 0. The topological polar surface area (TPSA) is 149 Å². The molecule has 0 spiro atoms. The molecule has 0 saturated heterocycles. The van der Waals surface area contributed by atoms with Crippen LogP contribution in [0.2, 0.25) is 0 Å². The maximum atomic E-state index is 10.0. The molecule has 2 unspecified atom stereocenters. The van der Waals surface area contributed by atoms with Crippen molar-refractivity contribution in [2.45, 2.75) is 32.5 Å².